The van der Waals surface area contributed by atoms with Crippen LogP contribution in [0, 0.1) is 0 Å². The molecule has 0 fully saturated rings. The van der Waals surface area contributed by atoms with Gasteiger partial charge in [-0.1, -0.05) is 66.5 Å². The van der Waals surface area contributed by atoms with Crippen LogP contribution in [0.25, 0.3) is 0 Å². The van der Waals surface area contributed by atoms with Gasteiger partial charge in [0.25, 0.3) is 0 Å². The third kappa shape index (κ3) is 3.30. The van der Waals surface area contributed by atoms with Crippen LogP contribution in [0.3, 0.4) is 0 Å². The minimum atomic E-state index is -0.191. The van der Waals surface area contributed by atoms with E-state index in [0.717, 1.165) is 12.0 Å². The summed E-state index contributed by atoms with van der Waals surface area (Å²) in [7, 11) is 0. The van der Waals surface area contributed by atoms with Crippen molar-refractivity contribution < 1.29 is 0 Å². The van der Waals surface area contributed by atoms with Gasteiger partial charge < -0.3 is 5.73 Å². The summed E-state index contributed by atoms with van der Waals surface area (Å²) in [6.45, 7) is 2.67. The molecule has 0 aliphatic heterocycles. The van der Waals surface area contributed by atoms with E-state index in [0.29, 0.717) is 16.6 Å². The molecule has 2 rings (SSSR count). The van der Waals surface area contributed by atoms with E-state index in [2.05, 4.69) is 19.1 Å². The van der Waals surface area contributed by atoms with E-state index in [-0.39, 0.29) is 5.41 Å². The van der Waals surface area contributed by atoms with Crippen molar-refractivity contribution in [1.29, 1.82) is 0 Å². The largest absolute Gasteiger partial charge is 0.330 e. The quantitative estimate of drug-likeness (QED) is 0.885. The lowest BCUT2D eigenvalue weighted by molar-refractivity contribution is 0.481. The molecule has 0 spiro atoms. The van der Waals surface area contributed by atoms with Crippen molar-refractivity contribution in [2.24, 2.45) is 5.73 Å². The predicted octanol–water partition coefficient (Wildman–Crippen LogP) is 4.45. The Morgan fingerprint density at radius 3 is 2.32 bits per heavy atom. The first-order chi connectivity index (χ1) is 9.05. The van der Waals surface area contributed by atoms with Crippen molar-refractivity contribution in [3.8, 4) is 0 Å². The number of halogens is 2. The third-order valence-electron chi connectivity index (χ3n) is 3.47. The van der Waals surface area contributed by atoms with Gasteiger partial charge in [0.1, 0.15) is 0 Å². The SMILES string of the molecule is CC(CN)(Cc1ccccc1)c1ccc(Cl)cc1Cl. The van der Waals surface area contributed by atoms with Crippen LogP contribution in [0.2, 0.25) is 10.0 Å². The molecule has 0 saturated carbocycles. The highest BCUT2D eigenvalue weighted by Crippen LogP contribution is 2.34. The van der Waals surface area contributed by atoms with Gasteiger partial charge in [-0.15, -0.1) is 0 Å². The smallest absolute Gasteiger partial charge is 0.0458 e. The van der Waals surface area contributed by atoms with Crippen molar-refractivity contribution >= 4 is 23.2 Å². The molecule has 2 N–H and O–H groups in total. The molecule has 100 valence electrons. The number of nitrogens with two attached hydrogens (primary N) is 1. The van der Waals surface area contributed by atoms with Gasteiger partial charge in [-0.05, 0) is 29.7 Å². The average Bonchev–Trinajstić information content (AvgIpc) is 2.39. The standard InChI is InChI=1S/C16H17Cl2N/c1-16(11-19,10-12-5-3-2-4-6-12)14-8-7-13(17)9-15(14)18/h2-9H,10-11,19H2,1H3. The zero-order chi connectivity index (χ0) is 13.9. The molecule has 1 unspecified atom stereocenters. The number of hydrogen-bond donors (Lipinski definition) is 1. The van der Waals surface area contributed by atoms with Crippen LogP contribution in [0.5, 0.6) is 0 Å². The summed E-state index contributed by atoms with van der Waals surface area (Å²) in [6.07, 6.45) is 0.853. The van der Waals surface area contributed by atoms with Crippen molar-refractivity contribution in [2.75, 3.05) is 6.54 Å². The van der Waals surface area contributed by atoms with Gasteiger partial charge in [0.05, 0.1) is 0 Å². The second-order valence-corrected chi connectivity index (χ2v) is 5.89. The van der Waals surface area contributed by atoms with E-state index in [1.807, 2.05) is 30.3 Å². The lowest BCUT2D eigenvalue weighted by atomic mass is 9.77. The normalized spacial score (nSPS) is 14.1. The molecule has 2 aromatic carbocycles. The molecule has 2 aromatic rings. The van der Waals surface area contributed by atoms with Crippen LogP contribution in [-0.2, 0) is 11.8 Å². The van der Waals surface area contributed by atoms with Crippen molar-refractivity contribution in [2.45, 2.75) is 18.8 Å². The highest BCUT2D eigenvalue weighted by Gasteiger charge is 2.27. The fourth-order valence-corrected chi connectivity index (χ4v) is 2.94. The summed E-state index contributed by atoms with van der Waals surface area (Å²) in [5, 5.41) is 1.32. The topological polar surface area (TPSA) is 26.0 Å². The molecule has 0 amide bonds. The van der Waals surface area contributed by atoms with Gasteiger partial charge in [0, 0.05) is 22.0 Å². The maximum atomic E-state index is 6.32. The fourth-order valence-electron chi connectivity index (χ4n) is 2.30. The molecule has 0 heterocycles. The van der Waals surface area contributed by atoms with Gasteiger partial charge >= 0.3 is 0 Å². The Morgan fingerprint density at radius 2 is 1.74 bits per heavy atom. The molecule has 3 heteroatoms. The first-order valence-corrected chi connectivity index (χ1v) is 7.00. The minimum absolute atomic E-state index is 0.191. The van der Waals surface area contributed by atoms with Crippen LogP contribution in [-0.4, -0.2) is 6.54 Å². The first-order valence-electron chi connectivity index (χ1n) is 6.25. The van der Waals surface area contributed by atoms with Gasteiger partial charge in [0.2, 0.25) is 0 Å². The Bertz CT molecular complexity index is 554. The third-order valence-corrected chi connectivity index (χ3v) is 4.02. The number of hydrogen-bond acceptors (Lipinski definition) is 1. The van der Waals surface area contributed by atoms with Crippen LogP contribution in [0.1, 0.15) is 18.1 Å². The number of benzene rings is 2. The summed E-state index contributed by atoms with van der Waals surface area (Å²) >= 11 is 12.3. The first kappa shape index (κ1) is 14.4. The average molecular weight is 294 g/mol. The second kappa shape index (κ2) is 5.96. The summed E-state index contributed by atoms with van der Waals surface area (Å²) < 4.78 is 0. The summed E-state index contributed by atoms with van der Waals surface area (Å²) in [4.78, 5) is 0. The van der Waals surface area contributed by atoms with Gasteiger partial charge in [-0.25, -0.2) is 0 Å². The van der Waals surface area contributed by atoms with Crippen LogP contribution in [0.4, 0.5) is 0 Å². The second-order valence-electron chi connectivity index (χ2n) is 5.05. The van der Waals surface area contributed by atoms with E-state index >= 15 is 0 Å². The molecule has 0 aliphatic carbocycles. The Kier molecular flexibility index (Phi) is 4.51. The van der Waals surface area contributed by atoms with E-state index in [1.165, 1.54) is 5.56 Å². The zero-order valence-electron chi connectivity index (χ0n) is 10.9. The Balaban J connectivity index is 2.36. The molecule has 0 aromatic heterocycles. The van der Waals surface area contributed by atoms with Gasteiger partial charge in [-0.3, -0.25) is 0 Å². The monoisotopic (exact) mass is 293 g/mol. The van der Waals surface area contributed by atoms with E-state index in [9.17, 15) is 0 Å². The van der Waals surface area contributed by atoms with Crippen molar-refractivity contribution in [3.05, 3.63) is 69.7 Å². The molecular weight excluding hydrogens is 277 g/mol. The molecule has 0 saturated heterocycles. The van der Waals surface area contributed by atoms with E-state index < -0.39 is 0 Å². The van der Waals surface area contributed by atoms with E-state index in [4.69, 9.17) is 28.9 Å². The van der Waals surface area contributed by atoms with Gasteiger partial charge in [0.15, 0.2) is 0 Å². The maximum absolute atomic E-state index is 6.32. The molecule has 1 atom stereocenters. The molecule has 0 bridgehead atoms. The molecule has 0 radical (unpaired) electrons. The molecule has 1 nitrogen and oxygen atoms in total. The lowest BCUT2D eigenvalue weighted by Gasteiger charge is -2.30. The Labute approximate surface area is 124 Å². The van der Waals surface area contributed by atoms with Crippen LogP contribution in [0.15, 0.2) is 48.5 Å². The number of rotatable bonds is 4. The summed E-state index contributed by atoms with van der Waals surface area (Å²) in [5.74, 6) is 0. The Morgan fingerprint density at radius 1 is 1.05 bits per heavy atom. The van der Waals surface area contributed by atoms with E-state index in [1.54, 1.807) is 6.07 Å². The van der Waals surface area contributed by atoms with Gasteiger partial charge in [-0.2, -0.15) is 0 Å². The van der Waals surface area contributed by atoms with Crippen LogP contribution >= 0.6 is 23.2 Å². The molecule has 19 heavy (non-hydrogen) atoms. The van der Waals surface area contributed by atoms with Crippen LogP contribution < -0.4 is 5.73 Å². The lowest BCUT2D eigenvalue weighted by Crippen LogP contribution is -2.34. The summed E-state index contributed by atoms with van der Waals surface area (Å²) in [5.41, 5.74) is 8.11. The molecular formula is C16H17Cl2N. The maximum Gasteiger partial charge on any atom is 0.0458 e. The van der Waals surface area contributed by atoms with Crippen molar-refractivity contribution in [1.82, 2.24) is 0 Å². The zero-order valence-corrected chi connectivity index (χ0v) is 12.4. The Hall–Kier alpha value is -1.02. The minimum Gasteiger partial charge on any atom is -0.330 e. The molecule has 0 aliphatic rings. The summed E-state index contributed by atoms with van der Waals surface area (Å²) in [6, 6.07) is 15.9. The highest BCUT2D eigenvalue weighted by molar-refractivity contribution is 6.35. The fraction of sp³-hybridized carbons (Fsp3) is 0.250. The predicted molar refractivity (Wildman–Crippen MR) is 83.0 cm³/mol. The highest BCUT2D eigenvalue weighted by atomic mass is 35.5. The van der Waals surface area contributed by atoms with Crippen molar-refractivity contribution in [3.63, 3.8) is 0 Å².